The van der Waals surface area contributed by atoms with E-state index in [-0.39, 0.29) is 10.5 Å². The first-order valence-electron chi connectivity index (χ1n) is 11.9. The van der Waals surface area contributed by atoms with E-state index in [2.05, 4.69) is 60.7 Å². The number of fused-ring (bicyclic) bond motifs is 5. The van der Waals surface area contributed by atoms with E-state index in [1.807, 2.05) is 6.08 Å². The van der Waals surface area contributed by atoms with Crippen molar-refractivity contribution in [3.8, 4) is 0 Å². The Balaban J connectivity index is 1.66. The molecule has 0 bridgehead atoms. The predicted octanol–water partition coefficient (Wildman–Crippen LogP) is 7.07. The number of hydrogen-bond acceptors (Lipinski definition) is 2. The molecular formula is C26H42O2Si. The van der Waals surface area contributed by atoms with Gasteiger partial charge in [-0.05, 0) is 97.4 Å². The summed E-state index contributed by atoms with van der Waals surface area (Å²) < 4.78 is 7.06. The monoisotopic (exact) mass is 414 g/mol. The van der Waals surface area contributed by atoms with Gasteiger partial charge in [0.15, 0.2) is 14.1 Å². The number of carbonyl (C=O) groups is 1. The van der Waals surface area contributed by atoms with Gasteiger partial charge in [-0.25, -0.2) is 0 Å². The number of allylic oxidation sites excluding steroid dienone is 4. The number of ketones is 1. The Bertz CT molecular complexity index is 770. The van der Waals surface area contributed by atoms with Gasteiger partial charge in [-0.2, -0.15) is 0 Å². The third kappa shape index (κ3) is 3.17. The zero-order chi connectivity index (χ0) is 21.4. The molecule has 0 amide bonds. The largest absolute Gasteiger partial charge is 0.413 e. The Labute approximate surface area is 179 Å². The zero-order valence-electron chi connectivity index (χ0n) is 20.0. The standard InChI is InChI=1S/C26H42O2Si/c1-17-15-18-16-19(27)11-13-25(18,5)21-12-14-26(6)20(23(17)21)9-10-22(26)28-29(7,8)24(2,3)4/h15-16,20-23H,9-14H2,1-8H3/t20-,21+,22?,23-,25-,26-/m0/s1. The highest BCUT2D eigenvalue weighted by Crippen LogP contribution is 2.66. The maximum atomic E-state index is 12.1. The highest BCUT2D eigenvalue weighted by atomic mass is 28.4. The minimum Gasteiger partial charge on any atom is -0.413 e. The number of hydrogen-bond donors (Lipinski definition) is 0. The van der Waals surface area contributed by atoms with Gasteiger partial charge in [0.05, 0.1) is 6.10 Å². The number of rotatable bonds is 2. The highest BCUT2D eigenvalue weighted by Gasteiger charge is 2.60. The summed E-state index contributed by atoms with van der Waals surface area (Å²) in [5.74, 6) is 2.40. The number of carbonyl (C=O) groups excluding carboxylic acids is 1. The van der Waals surface area contributed by atoms with Crippen LogP contribution in [-0.2, 0) is 9.22 Å². The van der Waals surface area contributed by atoms with Crippen molar-refractivity contribution in [1.29, 1.82) is 0 Å². The van der Waals surface area contributed by atoms with Crippen LogP contribution in [0, 0.1) is 28.6 Å². The average molecular weight is 415 g/mol. The highest BCUT2D eigenvalue weighted by molar-refractivity contribution is 6.74. The van der Waals surface area contributed by atoms with E-state index in [0.717, 1.165) is 18.8 Å². The van der Waals surface area contributed by atoms with E-state index in [4.69, 9.17) is 4.43 Å². The Kier molecular flexibility index (Phi) is 4.95. The molecule has 0 N–H and O–H groups in total. The molecule has 4 rings (SSSR count). The van der Waals surface area contributed by atoms with Crippen molar-refractivity contribution in [3.05, 3.63) is 23.3 Å². The lowest BCUT2D eigenvalue weighted by Crippen LogP contribution is -2.53. The van der Waals surface area contributed by atoms with Crippen molar-refractivity contribution in [1.82, 2.24) is 0 Å². The van der Waals surface area contributed by atoms with Gasteiger partial charge in [0.25, 0.3) is 0 Å². The normalized spacial score (nSPS) is 42.6. The van der Waals surface area contributed by atoms with E-state index in [0.29, 0.717) is 29.1 Å². The molecule has 4 aliphatic carbocycles. The fourth-order valence-electron chi connectivity index (χ4n) is 7.05. The average Bonchev–Trinajstić information content (AvgIpc) is 2.92. The van der Waals surface area contributed by atoms with Crippen LogP contribution in [0.4, 0.5) is 0 Å². The molecule has 6 atom stereocenters. The summed E-state index contributed by atoms with van der Waals surface area (Å²) >= 11 is 0. The molecule has 1 unspecified atom stereocenters. The van der Waals surface area contributed by atoms with Gasteiger partial charge in [0.2, 0.25) is 0 Å². The van der Waals surface area contributed by atoms with Gasteiger partial charge < -0.3 is 4.43 Å². The van der Waals surface area contributed by atoms with E-state index < -0.39 is 8.32 Å². The van der Waals surface area contributed by atoms with Crippen LogP contribution in [0.3, 0.4) is 0 Å². The maximum absolute atomic E-state index is 12.1. The smallest absolute Gasteiger partial charge is 0.192 e. The van der Waals surface area contributed by atoms with Crippen LogP contribution in [0.15, 0.2) is 23.3 Å². The SMILES string of the molecule is CC1=CC2=CC(=O)CC[C@]2(C)[C@@H]2CC[C@]3(C)C(O[Si](C)(C)C(C)(C)C)CC[C@H]3[C@H]12. The van der Waals surface area contributed by atoms with Gasteiger partial charge in [-0.3, -0.25) is 4.79 Å². The topological polar surface area (TPSA) is 26.3 Å². The lowest BCUT2D eigenvalue weighted by atomic mass is 9.48. The summed E-state index contributed by atoms with van der Waals surface area (Å²) in [5.41, 5.74) is 3.34. The van der Waals surface area contributed by atoms with Crippen molar-refractivity contribution in [2.24, 2.45) is 28.6 Å². The third-order valence-electron chi connectivity index (χ3n) is 10.0. The van der Waals surface area contributed by atoms with Crippen LogP contribution in [0.1, 0.15) is 80.1 Å². The van der Waals surface area contributed by atoms with Crippen LogP contribution in [0.25, 0.3) is 0 Å². The molecule has 0 aliphatic heterocycles. The van der Waals surface area contributed by atoms with Gasteiger partial charge in [-0.15, -0.1) is 0 Å². The molecule has 0 heterocycles. The summed E-state index contributed by atoms with van der Waals surface area (Å²) in [4.78, 5) is 12.1. The minimum atomic E-state index is -1.77. The summed E-state index contributed by atoms with van der Waals surface area (Å²) in [6, 6.07) is 0. The van der Waals surface area contributed by atoms with Crippen LogP contribution >= 0.6 is 0 Å². The molecule has 4 aliphatic rings. The summed E-state index contributed by atoms with van der Waals surface area (Å²) in [5, 5.41) is 0.265. The van der Waals surface area contributed by atoms with E-state index in [1.54, 1.807) is 0 Å². The molecule has 2 saturated carbocycles. The Morgan fingerprint density at radius 1 is 1.03 bits per heavy atom. The fourth-order valence-corrected chi connectivity index (χ4v) is 8.50. The fraction of sp³-hybridized carbons (Fsp3) is 0.808. The van der Waals surface area contributed by atoms with Crippen molar-refractivity contribution >= 4 is 14.1 Å². The minimum absolute atomic E-state index is 0.192. The van der Waals surface area contributed by atoms with Crippen LogP contribution in [-0.4, -0.2) is 20.2 Å². The zero-order valence-corrected chi connectivity index (χ0v) is 21.0. The van der Waals surface area contributed by atoms with E-state index in [9.17, 15) is 4.79 Å². The maximum Gasteiger partial charge on any atom is 0.192 e. The summed E-state index contributed by atoms with van der Waals surface area (Å²) in [6.45, 7) is 19.2. The molecule has 0 radical (unpaired) electrons. The molecule has 0 saturated heterocycles. The Hall–Kier alpha value is -0.673. The summed E-state index contributed by atoms with van der Waals surface area (Å²) in [6.07, 6.45) is 11.6. The van der Waals surface area contributed by atoms with Gasteiger partial charge >= 0.3 is 0 Å². The molecule has 2 nitrogen and oxygen atoms in total. The second-order valence-electron chi connectivity index (χ2n) is 12.6. The predicted molar refractivity (Wildman–Crippen MR) is 123 cm³/mol. The molecule has 2 fully saturated rings. The molecule has 0 aromatic heterocycles. The van der Waals surface area contributed by atoms with Crippen molar-refractivity contribution < 1.29 is 9.22 Å². The van der Waals surface area contributed by atoms with Crippen molar-refractivity contribution in [3.63, 3.8) is 0 Å². The van der Waals surface area contributed by atoms with Crippen molar-refractivity contribution in [2.45, 2.75) is 104 Å². The van der Waals surface area contributed by atoms with Crippen LogP contribution in [0.5, 0.6) is 0 Å². The molecule has 3 heteroatoms. The molecule has 162 valence electrons. The van der Waals surface area contributed by atoms with Crippen LogP contribution in [0.2, 0.25) is 18.1 Å². The molecule has 29 heavy (non-hydrogen) atoms. The lowest BCUT2D eigenvalue weighted by Gasteiger charge is -2.57. The first kappa shape index (κ1) is 21.6. The molecule has 0 aromatic rings. The molecule has 0 spiro atoms. The molecule has 0 aromatic carbocycles. The lowest BCUT2D eigenvalue weighted by molar-refractivity contribution is -0.116. The van der Waals surface area contributed by atoms with E-state index in [1.165, 1.54) is 36.8 Å². The summed E-state index contributed by atoms with van der Waals surface area (Å²) in [7, 11) is -1.77. The Morgan fingerprint density at radius 3 is 2.38 bits per heavy atom. The molecular weight excluding hydrogens is 372 g/mol. The Morgan fingerprint density at radius 2 is 1.72 bits per heavy atom. The second kappa shape index (κ2) is 6.66. The second-order valence-corrected chi connectivity index (χ2v) is 17.4. The van der Waals surface area contributed by atoms with Crippen LogP contribution < -0.4 is 0 Å². The van der Waals surface area contributed by atoms with Gasteiger partial charge in [0, 0.05) is 6.42 Å². The quantitative estimate of drug-likeness (QED) is 0.451. The third-order valence-corrected chi connectivity index (χ3v) is 14.5. The first-order chi connectivity index (χ1) is 13.3. The van der Waals surface area contributed by atoms with E-state index >= 15 is 0 Å². The van der Waals surface area contributed by atoms with Gasteiger partial charge in [0.1, 0.15) is 0 Å². The van der Waals surface area contributed by atoms with Gasteiger partial charge in [-0.1, -0.05) is 46.3 Å². The van der Waals surface area contributed by atoms with Crippen molar-refractivity contribution in [2.75, 3.05) is 0 Å². The first-order valence-corrected chi connectivity index (χ1v) is 14.8.